The number of rotatable bonds is 5. The third-order valence-electron chi connectivity index (χ3n) is 5.05. The lowest BCUT2D eigenvalue weighted by molar-refractivity contribution is -0.126. The minimum atomic E-state index is 0.0540. The smallest absolute Gasteiger partial charge is 0.246 e. The van der Waals surface area contributed by atoms with Crippen LogP contribution in [-0.4, -0.2) is 38.8 Å². The average Bonchev–Trinajstić information content (AvgIpc) is 2.79. The Kier molecular flexibility index (Phi) is 5.90. The highest BCUT2D eigenvalue weighted by molar-refractivity contribution is 5.91. The molecule has 4 rings (SSSR count). The van der Waals surface area contributed by atoms with Crippen LogP contribution >= 0.6 is 0 Å². The molecule has 6 nitrogen and oxygen atoms in total. The number of likely N-dealkylation sites (tertiary alicyclic amines) is 1. The Labute approximate surface area is 170 Å². The first-order chi connectivity index (χ1) is 14.3. The number of aromatic nitrogens is 3. The summed E-state index contributed by atoms with van der Waals surface area (Å²) in [6.45, 7) is 1.42. The van der Waals surface area contributed by atoms with Crippen molar-refractivity contribution in [3.8, 4) is 0 Å². The number of pyridine rings is 1. The van der Waals surface area contributed by atoms with E-state index in [4.69, 9.17) is 0 Å². The van der Waals surface area contributed by atoms with Crippen LogP contribution in [-0.2, 0) is 4.79 Å². The Bertz CT molecular complexity index is 967. The molecule has 0 unspecified atom stereocenters. The number of hydrogen-bond donors (Lipinski definition) is 1. The number of carbonyl (C=O) groups is 1. The molecule has 1 saturated heterocycles. The topological polar surface area (TPSA) is 71.0 Å². The first-order valence-electron chi connectivity index (χ1n) is 9.80. The van der Waals surface area contributed by atoms with Gasteiger partial charge in [0, 0.05) is 43.7 Å². The molecule has 2 aromatic heterocycles. The fourth-order valence-electron chi connectivity index (χ4n) is 3.51. The van der Waals surface area contributed by atoms with E-state index in [-0.39, 0.29) is 11.8 Å². The Morgan fingerprint density at radius 3 is 2.45 bits per heavy atom. The third kappa shape index (κ3) is 4.85. The highest BCUT2D eigenvalue weighted by Crippen LogP contribution is 2.31. The fourth-order valence-corrected chi connectivity index (χ4v) is 3.51. The van der Waals surface area contributed by atoms with Gasteiger partial charge in [-0.15, -0.1) is 0 Å². The van der Waals surface area contributed by atoms with Crippen LogP contribution in [0.25, 0.3) is 6.08 Å². The molecule has 1 fully saturated rings. The van der Waals surface area contributed by atoms with Gasteiger partial charge in [0.05, 0.1) is 5.69 Å². The molecule has 0 saturated carbocycles. The van der Waals surface area contributed by atoms with Crippen molar-refractivity contribution in [1.29, 1.82) is 0 Å². The van der Waals surface area contributed by atoms with Crippen LogP contribution in [0.4, 0.5) is 11.6 Å². The molecule has 6 heteroatoms. The molecular formula is C23H23N5O. The van der Waals surface area contributed by atoms with Gasteiger partial charge >= 0.3 is 0 Å². The number of nitrogens with one attached hydrogen (secondary N) is 1. The number of hydrogen-bond acceptors (Lipinski definition) is 5. The van der Waals surface area contributed by atoms with E-state index in [2.05, 4.69) is 20.3 Å². The van der Waals surface area contributed by atoms with Gasteiger partial charge in [-0.25, -0.2) is 9.97 Å². The summed E-state index contributed by atoms with van der Waals surface area (Å²) in [6.07, 6.45) is 10.4. The summed E-state index contributed by atoms with van der Waals surface area (Å²) >= 11 is 0. The van der Waals surface area contributed by atoms with Gasteiger partial charge in [0.25, 0.3) is 0 Å². The highest BCUT2D eigenvalue weighted by Gasteiger charge is 2.26. The summed E-state index contributed by atoms with van der Waals surface area (Å²) in [5.41, 5.74) is 1.96. The van der Waals surface area contributed by atoms with Crippen molar-refractivity contribution in [3.63, 3.8) is 0 Å². The SMILES string of the molecule is O=C(/C=C/c1ccccc1)N1CCC(c2nccnc2Nc2ccccn2)CC1. The maximum Gasteiger partial charge on any atom is 0.246 e. The van der Waals surface area contributed by atoms with Crippen molar-refractivity contribution in [2.45, 2.75) is 18.8 Å². The number of amides is 1. The van der Waals surface area contributed by atoms with Crippen LogP contribution in [0.1, 0.15) is 30.0 Å². The molecule has 0 bridgehead atoms. The molecule has 29 heavy (non-hydrogen) atoms. The molecule has 3 aromatic rings. The lowest BCUT2D eigenvalue weighted by atomic mass is 9.93. The number of nitrogens with zero attached hydrogens (tertiary/aromatic N) is 4. The Morgan fingerprint density at radius 2 is 1.69 bits per heavy atom. The second kappa shape index (κ2) is 9.10. The van der Waals surface area contributed by atoms with E-state index < -0.39 is 0 Å². The van der Waals surface area contributed by atoms with Crippen molar-refractivity contribution in [3.05, 3.63) is 84.5 Å². The van der Waals surface area contributed by atoms with Crippen molar-refractivity contribution in [1.82, 2.24) is 19.9 Å². The van der Waals surface area contributed by atoms with Crippen LogP contribution in [0, 0.1) is 0 Å². The van der Waals surface area contributed by atoms with Crippen molar-refractivity contribution in [2.24, 2.45) is 0 Å². The Hall–Kier alpha value is -3.54. The van der Waals surface area contributed by atoms with E-state index in [1.165, 1.54) is 0 Å². The monoisotopic (exact) mass is 385 g/mol. The second-order valence-electron chi connectivity index (χ2n) is 6.97. The maximum absolute atomic E-state index is 12.5. The van der Waals surface area contributed by atoms with E-state index in [1.54, 1.807) is 24.7 Å². The summed E-state index contributed by atoms with van der Waals surface area (Å²) in [7, 11) is 0. The highest BCUT2D eigenvalue weighted by atomic mass is 16.2. The molecule has 0 spiro atoms. The molecule has 1 aliphatic heterocycles. The van der Waals surface area contributed by atoms with E-state index in [0.717, 1.165) is 35.7 Å². The van der Waals surface area contributed by atoms with Crippen LogP contribution in [0.15, 0.2) is 73.2 Å². The molecule has 0 aliphatic carbocycles. The number of carbonyl (C=O) groups excluding carboxylic acids is 1. The maximum atomic E-state index is 12.5. The largest absolute Gasteiger partial charge is 0.339 e. The zero-order valence-corrected chi connectivity index (χ0v) is 16.1. The molecule has 146 valence electrons. The summed E-state index contributed by atoms with van der Waals surface area (Å²) < 4.78 is 0. The van der Waals surface area contributed by atoms with Gasteiger partial charge in [0.1, 0.15) is 5.82 Å². The normalized spacial score (nSPS) is 14.8. The second-order valence-corrected chi connectivity index (χ2v) is 6.97. The zero-order valence-electron chi connectivity index (χ0n) is 16.1. The fraction of sp³-hybridized carbons (Fsp3) is 0.217. The zero-order chi connectivity index (χ0) is 19.9. The minimum absolute atomic E-state index is 0.0540. The number of benzene rings is 1. The minimum Gasteiger partial charge on any atom is -0.339 e. The van der Waals surface area contributed by atoms with Gasteiger partial charge in [0.2, 0.25) is 5.91 Å². The molecule has 0 atom stereocenters. The summed E-state index contributed by atoms with van der Waals surface area (Å²) in [4.78, 5) is 27.8. The lowest BCUT2D eigenvalue weighted by Gasteiger charge is -2.31. The van der Waals surface area contributed by atoms with E-state index in [9.17, 15) is 4.79 Å². The van der Waals surface area contributed by atoms with Crippen LogP contribution < -0.4 is 5.32 Å². The van der Waals surface area contributed by atoms with E-state index in [1.807, 2.05) is 59.5 Å². The predicted molar refractivity (Wildman–Crippen MR) is 114 cm³/mol. The summed E-state index contributed by atoms with van der Waals surface area (Å²) in [5.74, 6) is 1.79. The van der Waals surface area contributed by atoms with Crippen LogP contribution in [0.2, 0.25) is 0 Å². The molecule has 1 amide bonds. The average molecular weight is 385 g/mol. The third-order valence-corrected chi connectivity index (χ3v) is 5.05. The first-order valence-corrected chi connectivity index (χ1v) is 9.80. The van der Waals surface area contributed by atoms with Crippen molar-refractivity contribution in [2.75, 3.05) is 18.4 Å². The van der Waals surface area contributed by atoms with Gasteiger partial charge < -0.3 is 10.2 Å². The Balaban J connectivity index is 1.39. The summed E-state index contributed by atoms with van der Waals surface area (Å²) in [5, 5.41) is 3.27. The molecule has 3 heterocycles. The molecular weight excluding hydrogens is 362 g/mol. The molecule has 0 radical (unpaired) electrons. The summed E-state index contributed by atoms with van der Waals surface area (Å²) in [6, 6.07) is 15.6. The van der Waals surface area contributed by atoms with Crippen molar-refractivity contribution < 1.29 is 4.79 Å². The van der Waals surface area contributed by atoms with Gasteiger partial charge in [-0.2, -0.15) is 0 Å². The quantitative estimate of drug-likeness (QED) is 0.671. The van der Waals surface area contributed by atoms with Gasteiger partial charge in [-0.1, -0.05) is 36.4 Å². The van der Waals surface area contributed by atoms with Crippen LogP contribution in [0.5, 0.6) is 0 Å². The van der Waals surface area contributed by atoms with E-state index >= 15 is 0 Å². The first kappa shape index (κ1) is 18.8. The van der Waals surface area contributed by atoms with E-state index in [0.29, 0.717) is 13.1 Å². The molecule has 1 aliphatic rings. The standard InChI is InChI=1S/C23H23N5O/c29-21(10-9-18-6-2-1-3-7-18)28-16-11-19(12-17-28)22-23(26-15-14-25-22)27-20-8-4-5-13-24-20/h1-10,13-15,19H,11-12,16-17H2,(H,24,26,27)/b10-9+. The van der Waals surface area contributed by atoms with Gasteiger partial charge in [0.15, 0.2) is 5.82 Å². The molecule has 1 N–H and O–H groups in total. The van der Waals surface area contributed by atoms with Crippen LogP contribution in [0.3, 0.4) is 0 Å². The lowest BCUT2D eigenvalue weighted by Crippen LogP contribution is -2.37. The predicted octanol–water partition coefficient (Wildman–Crippen LogP) is 4.03. The van der Waals surface area contributed by atoms with Crippen molar-refractivity contribution >= 4 is 23.6 Å². The molecule has 1 aromatic carbocycles. The number of anilines is 2. The Morgan fingerprint density at radius 1 is 0.931 bits per heavy atom. The van der Waals surface area contributed by atoms with Gasteiger partial charge in [-0.3, -0.25) is 9.78 Å². The van der Waals surface area contributed by atoms with Gasteiger partial charge in [-0.05, 0) is 36.6 Å². The number of piperidine rings is 1.